The van der Waals surface area contributed by atoms with Gasteiger partial charge in [0.2, 0.25) is 0 Å². The molecule has 3 atom stereocenters. The van der Waals surface area contributed by atoms with E-state index >= 15 is 0 Å². The minimum Gasteiger partial charge on any atom is -0.379 e. The monoisotopic (exact) mass is 324 g/mol. The Kier molecular flexibility index (Phi) is 5.12. The van der Waals surface area contributed by atoms with Crippen molar-refractivity contribution in [2.24, 2.45) is 5.92 Å². The highest BCUT2D eigenvalue weighted by molar-refractivity contribution is 7.11. The van der Waals surface area contributed by atoms with Crippen LogP contribution in [0.4, 0.5) is 0 Å². The highest BCUT2D eigenvalue weighted by atomic mass is 32.1. The van der Waals surface area contributed by atoms with Gasteiger partial charge in [0.15, 0.2) is 0 Å². The van der Waals surface area contributed by atoms with Crippen LogP contribution >= 0.6 is 11.3 Å². The van der Waals surface area contributed by atoms with E-state index in [1.165, 1.54) is 19.3 Å². The molecule has 6 heteroatoms. The lowest BCUT2D eigenvalue weighted by Crippen LogP contribution is -2.50. The van der Waals surface area contributed by atoms with E-state index in [0.717, 1.165) is 36.3 Å². The van der Waals surface area contributed by atoms with Crippen LogP contribution in [0.5, 0.6) is 0 Å². The Morgan fingerprint density at radius 2 is 2.18 bits per heavy atom. The van der Waals surface area contributed by atoms with Crippen LogP contribution in [0.25, 0.3) is 0 Å². The number of ether oxygens (including phenoxy) is 1. The Morgan fingerprint density at radius 1 is 1.32 bits per heavy atom. The molecule has 0 radical (unpaired) electrons. The van der Waals surface area contributed by atoms with Gasteiger partial charge in [0.05, 0.1) is 13.2 Å². The highest BCUT2D eigenvalue weighted by Gasteiger charge is 2.34. The second-order valence-corrected chi connectivity index (χ2v) is 8.53. The Labute approximate surface area is 137 Å². The normalized spacial score (nSPS) is 29.9. The average Bonchev–Trinajstić information content (AvgIpc) is 3.14. The molecule has 2 heterocycles. The van der Waals surface area contributed by atoms with Crippen LogP contribution in [-0.2, 0) is 16.7 Å². The van der Waals surface area contributed by atoms with Gasteiger partial charge in [-0.05, 0) is 18.8 Å². The third-order valence-corrected chi connectivity index (χ3v) is 6.01. The van der Waals surface area contributed by atoms with Crippen LogP contribution in [0, 0.1) is 5.92 Å². The maximum atomic E-state index is 5.64. The van der Waals surface area contributed by atoms with Crippen molar-refractivity contribution in [1.29, 1.82) is 0 Å². The third-order valence-electron chi connectivity index (χ3n) is 4.66. The summed E-state index contributed by atoms with van der Waals surface area (Å²) in [6.45, 7) is 10.1. The minimum absolute atomic E-state index is 0.0924. The van der Waals surface area contributed by atoms with Gasteiger partial charge in [0, 0.05) is 30.6 Å². The van der Waals surface area contributed by atoms with Crippen LogP contribution in [0.3, 0.4) is 0 Å². The number of aromatic nitrogens is 2. The van der Waals surface area contributed by atoms with Crippen molar-refractivity contribution in [3.05, 3.63) is 10.0 Å². The first-order valence-corrected chi connectivity index (χ1v) is 9.23. The van der Waals surface area contributed by atoms with E-state index in [1.54, 1.807) is 11.3 Å². The molecule has 5 nitrogen and oxygen atoms in total. The van der Waals surface area contributed by atoms with Gasteiger partial charge >= 0.3 is 0 Å². The molecule has 124 valence electrons. The molecule has 0 aromatic carbocycles. The molecule has 2 aliphatic rings. The summed E-state index contributed by atoms with van der Waals surface area (Å²) in [5.74, 6) is 0.676. The van der Waals surface area contributed by atoms with E-state index in [4.69, 9.17) is 4.74 Å². The minimum atomic E-state index is 0.0924. The lowest BCUT2D eigenvalue weighted by atomic mass is 9.94. The van der Waals surface area contributed by atoms with Gasteiger partial charge in [0.25, 0.3) is 0 Å². The molecular weight excluding hydrogens is 296 g/mol. The molecule has 1 aromatic heterocycles. The smallest absolute Gasteiger partial charge is 0.131 e. The van der Waals surface area contributed by atoms with Crippen LogP contribution in [0.15, 0.2) is 0 Å². The summed E-state index contributed by atoms with van der Waals surface area (Å²) in [6.07, 6.45) is 3.86. The standard InChI is InChI=1S/C16H28N4OS/c1-16(2,3)15-20-19-14(22-15)9-18-12-6-4-5-11(12)13-10-21-8-7-17-13/h11-13,17-18H,4-10H2,1-3H3. The summed E-state index contributed by atoms with van der Waals surface area (Å²) in [7, 11) is 0. The second kappa shape index (κ2) is 6.91. The summed E-state index contributed by atoms with van der Waals surface area (Å²) >= 11 is 1.73. The van der Waals surface area contributed by atoms with E-state index in [1.807, 2.05) is 0 Å². The number of morpholine rings is 1. The van der Waals surface area contributed by atoms with Gasteiger partial charge in [-0.25, -0.2) is 0 Å². The van der Waals surface area contributed by atoms with E-state index in [9.17, 15) is 0 Å². The van der Waals surface area contributed by atoms with Crippen LogP contribution in [0.1, 0.15) is 50.0 Å². The van der Waals surface area contributed by atoms with Crippen molar-refractivity contribution in [2.45, 2.75) is 64.1 Å². The fourth-order valence-electron chi connectivity index (χ4n) is 3.43. The zero-order valence-corrected chi connectivity index (χ0v) is 14.7. The largest absolute Gasteiger partial charge is 0.379 e. The Bertz CT molecular complexity index is 479. The molecule has 0 amide bonds. The SMILES string of the molecule is CC(C)(C)c1nnc(CNC2CCCC2C2COCCN2)s1. The molecule has 1 aliphatic heterocycles. The van der Waals surface area contributed by atoms with Crippen molar-refractivity contribution >= 4 is 11.3 Å². The fourth-order valence-corrected chi connectivity index (χ4v) is 4.28. The molecule has 1 saturated heterocycles. The van der Waals surface area contributed by atoms with Crippen LogP contribution in [-0.4, -0.2) is 42.0 Å². The number of nitrogens with one attached hydrogen (secondary N) is 2. The quantitative estimate of drug-likeness (QED) is 0.888. The Balaban J connectivity index is 1.55. The Hall–Kier alpha value is -0.560. The van der Waals surface area contributed by atoms with Gasteiger partial charge in [0.1, 0.15) is 10.0 Å². The molecule has 0 bridgehead atoms. The van der Waals surface area contributed by atoms with Crippen molar-refractivity contribution in [3.63, 3.8) is 0 Å². The predicted octanol–water partition coefficient (Wildman–Crippen LogP) is 2.08. The molecule has 22 heavy (non-hydrogen) atoms. The molecule has 1 aromatic rings. The predicted molar refractivity (Wildman–Crippen MR) is 89.2 cm³/mol. The van der Waals surface area contributed by atoms with Crippen molar-refractivity contribution in [3.8, 4) is 0 Å². The first kappa shape index (κ1) is 16.3. The van der Waals surface area contributed by atoms with Gasteiger partial charge in [-0.1, -0.05) is 38.5 Å². The molecule has 1 saturated carbocycles. The second-order valence-electron chi connectivity index (χ2n) is 7.47. The van der Waals surface area contributed by atoms with Gasteiger partial charge < -0.3 is 15.4 Å². The molecular formula is C16H28N4OS. The van der Waals surface area contributed by atoms with Crippen molar-refractivity contribution in [1.82, 2.24) is 20.8 Å². The van der Waals surface area contributed by atoms with E-state index in [2.05, 4.69) is 41.6 Å². The maximum absolute atomic E-state index is 5.64. The number of rotatable bonds is 4. The molecule has 2 fully saturated rings. The number of hydrogen-bond donors (Lipinski definition) is 2. The van der Waals surface area contributed by atoms with E-state index < -0.39 is 0 Å². The molecule has 1 aliphatic carbocycles. The first-order valence-electron chi connectivity index (χ1n) is 8.41. The highest BCUT2D eigenvalue weighted by Crippen LogP contribution is 2.30. The van der Waals surface area contributed by atoms with E-state index in [0.29, 0.717) is 18.0 Å². The fraction of sp³-hybridized carbons (Fsp3) is 0.875. The molecule has 3 rings (SSSR count). The Morgan fingerprint density at radius 3 is 2.86 bits per heavy atom. The van der Waals surface area contributed by atoms with Crippen molar-refractivity contribution in [2.75, 3.05) is 19.8 Å². The zero-order valence-electron chi connectivity index (χ0n) is 13.9. The maximum Gasteiger partial charge on any atom is 0.131 e. The topological polar surface area (TPSA) is 59.1 Å². The summed E-state index contributed by atoms with van der Waals surface area (Å²) < 4.78 is 5.64. The van der Waals surface area contributed by atoms with Crippen molar-refractivity contribution < 1.29 is 4.74 Å². The van der Waals surface area contributed by atoms with Crippen LogP contribution in [0.2, 0.25) is 0 Å². The summed E-state index contributed by atoms with van der Waals surface area (Å²) in [4.78, 5) is 0. The third kappa shape index (κ3) is 3.85. The number of hydrogen-bond acceptors (Lipinski definition) is 6. The lowest BCUT2D eigenvalue weighted by Gasteiger charge is -2.32. The first-order chi connectivity index (χ1) is 10.5. The molecule has 2 N–H and O–H groups in total. The van der Waals surface area contributed by atoms with Gasteiger partial charge in [-0.2, -0.15) is 0 Å². The van der Waals surface area contributed by atoms with E-state index in [-0.39, 0.29) is 5.41 Å². The summed E-state index contributed by atoms with van der Waals surface area (Å²) in [5.41, 5.74) is 0.0924. The number of nitrogens with zero attached hydrogens (tertiary/aromatic N) is 2. The van der Waals surface area contributed by atoms with Gasteiger partial charge in [-0.3, -0.25) is 0 Å². The summed E-state index contributed by atoms with van der Waals surface area (Å²) in [5, 5.41) is 18.3. The van der Waals surface area contributed by atoms with Crippen LogP contribution < -0.4 is 10.6 Å². The molecule has 0 spiro atoms. The zero-order chi connectivity index (χ0) is 15.6. The lowest BCUT2D eigenvalue weighted by molar-refractivity contribution is 0.0524. The molecule has 3 unspecified atom stereocenters. The average molecular weight is 324 g/mol. The van der Waals surface area contributed by atoms with Gasteiger partial charge in [-0.15, -0.1) is 10.2 Å². The summed E-state index contributed by atoms with van der Waals surface area (Å²) in [6, 6.07) is 1.08.